The van der Waals surface area contributed by atoms with Crippen molar-refractivity contribution < 1.29 is 19.1 Å². The number of rotatable bonds is 12. The van der Waals surface area contributed by atoms with E-state index in [9.17, 15) is 14.4 Å². The summed E-state index contributed by atoms with van der Waals surface area (Å²) in [6.07, 6.45) is 3.82. The van der Waals surface area contributed by atoms with Gasteiger partial charge in [-0.25, -0.2) is 0 Å². The van der Waals surface area contributed by atoms with Crippen LogP contribution in [0, 0.1) is 5.92 Å². The molecule has 1 aromatic carbocycles. The Bertz CT molecular complexity index is 834. The van der Waals surface area contributed by atoms with Gasteiger partial charge in [-0.3, -0.25) is 24.2 Å². The molecule has 0 aliphatic carbocycles. The largest absolute Gasteiger partial charge is 0.372 e. The van der Waals surface area contributed by atoms with Gasteiger partial charge < -0.3 is 15.4 Å². The number of benzene rings is 1. The second-order valence-corrected chi connectivity index (χ2v) is 10.2. The fraction of sp³-hybridized carbons (Fsp3) is 0.667. The molecule has 8 nitrogen and oxygen atoms in total. The fourth-order valence-corrected chi connectivity index (χ4v) is 4.67. The van der Waals surface area contributed by atoms with E-state index in [1.165, 1.54) is 12.5 Å². The van der Waals surface area contributed by atoms with Crippen molar-refractivity contribution in [1.82, 2.24) is 15.1 Å². The molecule has 2 heterocycles. The van der Waals surface area contributed by atoms with E-state index in [4.69, 9.17) is 4.74 Å². The maximum absolute atomic E-state index is 12.1. The van der Waals surface area contributed by atoms with E-state index in [0.29, 0.717) is 25.8 Å². The van der Waals surface area contributed by atoms with Crippen LogP contribution in [0.15, 0.2) is 24.3 Å². The SMILES string of the molecule is CC(=O)Nc1ccc(CN2CCN(CC3CCC(CNC(=O)CCCC(=O)C(C)C)O3)CC2)cc1. The van der Waals surface area contributed by atoms with Gasteiger partial charge in [-0.2, -0.15) is 0 Å². The molecule has 3 rings (SSSR count). The molecule has 2 aliphatic heterocycles. The number of ether oxygens (including phenoxy) is 1. The smallest absolute Gasteiger partial charge is 0.221 e. The zero-order chi connectivity index (χ0) is 25.2. The average Bonchev–Trinajstić information content (AvgIpc) is 3.27. The molecule has 2 unspecified atom stereocenters. The van der Waals surface area contributed by atoms with Crippen molar-refractivity contribution in [2.45, 2.75) is 71.6 Å². The minimum atomic E-state index is -0.0533. The van der Waals surface area contributed by atoms with E-state index >= 15 is 0 Å². The number of hydrogen-bond donors (Lipinski definition) is 2. The van der Waals surface area contributed by atoms with Crippen LogP contribution in [-0.4, -0.2) is 78.9 Å². The number of carbonyl (C=O) groups excluding carboxylic acids is 3. The van der Waals surface area contributed by atoms with Gasteiger partial charge in [0.1, 0.15) is 5.78 Å². The topological polar surface area (TPSA) is 91.0 Å². The first kappa shape index (κ1) is 27.3. The molecule has 2 amide bonds. The Hall–Kier alpha value is -2.29. The second kappa shape index (κ2) is 13.7. The number of amides is 2. The van der Waals surface area contributed by atoms with Crippen LogP contribution in [0.25, 0.3) is 0 Å². The molecule has 2 saturated heterocycles. The number of piperazine rings is 1. The van der Waals surface area contributed by atoms with Crippen molar-refractivity contribution >= 4 is 23.3 Å². The summed E-state index contributed by atoms with van der Waals surface area (Å²) in [5.41, 5.74) is 2.08. The van der Waals surface area contributed by atoms with E-state index in [-0.39, 0.29) is 35.7 Å². The Morgan fingerprint density at radius 2 is 1.63 bits per heavy atom. The Morgan fingerprint density at radius 1 is 0.971 bits per heavy atom. The number of ketones is 1. The van der Waals surface area contributed by atoms with Gasteiger partial charge in [-0.1, -0.05) is 26.0 Å². The summed E-state index contributed by atoms with van der Waals surface area (Å²) in [6.45, 7) is 11.8. The van der Waals surface area contributed by atoms with Crippen molar-refractivity contribution in [3.05, 3.63) is 29.8 Å². The third-order valence-corrected chi connectivity index (χ3v) is 6.80. The van der Waals surface area contributed by atoms with Crippen LogP contribution >= 0.6 is 0 Å². The maximum Gasteiger partial charge on any atom is 0.221 e. The van der Waals surface area contributed by atoms with E-state index in [2.05, 4.69) is 32.6 Å². The van der Waals surface area contributed by atoms with Crippen LogP contribution in [0.4, 0.5) is 5.69 Å². The van der Waals surface area contributed by atoms with Crippen molar-refractivity contribution in [3.8, 4) is 0 Å². The second-order valence-electron chi connectivity index (χ2n) is 10.2. The lowest BCUT2D eigenvalue weighted by atomic mass is 10.0. The quantitative estimate of drug-likeness (QED) is 0.472. The third-order valence-electron chi connectivity index (χ3n) is 6.80. The molecule has 0 aromatic heterocycles. The van der Waals surface area contributed by atoms with Crippen LogP contribution in [0.5, 0.6) is 0 Å². The predicted molar refractivity (Wildman–Crippen MR) is 137 cm³/mol. The zero-order valence-electron chi connectivity index (χ0n) is 21.6. The summed E-state index contributed by atoms with van der Waals surface area (Å²) in [5, 5.41) is 5.78. The fourth-order valence-electron chi connectivity index (χ4n) is 4.67. The molecule has 0 spiro atoms. The first-order valence-corrected chi connectivity index (χ1v) is 13.0. The summed E-state index contributed by atoms with van der Waals surface area (Å²) in [5.74, 6) is 0.217. The van der Waals surface area contributed by atoms with E-state index in [1.54, 1.807) is 0 Å². The molecular weight excluding hydrogens is 444 g/mol. The van der Waals surface area contributed by atoms with Crippen molar-refractivity contribution in [2.75, 3.05) is 44.6 Å². The normalized spacial score (nSPS) is 21.3. The number of hydrogen-bond acceptors (Lipinski definition) is 6. The van der Waals surface area contributed by atoms with Crippen LogP contribution in [0.2, 0.25) is 0 Å². The van der Waals surface area contributed by atoms with E-state index < -0.39 is 0 Å². The van der Waals surface area contributed by atoms with Gasteiger partial charge in [0.05, 0.1) is 12.2 Å². The molecule has 8 heteroatoms. The maximum atomic E-state index is 12.1. The number of nitrogens with zero attached hydrogens (tertiary/aromatic N) is 2. The number of carbonyl (C=O) groups is 3. The Kier molecular flexibility index (Phi) is 10.7. The lowest BCUT2D eigenvalue weighted by molar-refractivity contribution is -0.123. The number of anilines is 1. The summed E-state index contributed by atoms with van der Waals surface area (Å²) < 4.78 is 6.20. The lowest BCUT2D eigenvalue weighted by Crippen LogP contribution is -2.48. The van der Waals surface area contributed by atoms with Gasteiger partial charge in [0.2, 0.25) is 11.8 Å². The molecule has 2 N–H and O–H groups in total. The number of nitrogens with one attached hydrogen (secondary N) is 2. The van der Waals surface area contributed by atoms with Crippen LogP contribution in [0.3, 0.4) is 0 Å². The summed E-state index contributed by atoms with van der Waals surface area (Å²) >= 11 is 0. The average molecular weight is 487 g/mol. The molecule has 35 heavy (non-hydrogen) atoms. The van der Waals surface area contributed by atoms with Crippen LogP contribution in [0.1, 0.15) is 58.4 Å². The van der Waals surface area contributed by atoms with Gasteiger partial charge in [-0.05, 0) is 37.0 Å². The first-order chi connectivity index (χ1) is 16.8. The zero-order valence-corrected chi connectivity index (χ0v) is 21.6. The monoisotopic (exact) mass is 486 g/mol. The number of Topliss-reactive ketones (excluding diaryl/α,β-unsaturated/α-hetero) is 1. The molecule has 0 radical (unpaired) electrons. The van der Waals surface area contributed by atoms with Crippen LogP contribution in [-0.2, 0) is 25.7 Å². The van der Waals surface area contributed by atoms with E-state index in [0.717, 1.165) is 57.8 Å². The highest BCUT2D eigenvalue weighted by atomic mass is 16.5. The van der Waals surface area contributed by atoms with Crippen LogP contribution < -0.4 is 10.6 Å². The van der Waals surface area contributed by atoms with Crippen molar-refractivity contribution in [2.24, 2.45) is 5.92 Å². The molecule has 0 saturated carbocycles. The highest BCUT2D eigenvalue weighted by Crippen LogP contribution is 2.21. The van der Waals surface area contributed by atoms with Gasteiger partial charge in [-0.15, -0.1) is 0 Å². The van der Waals surface area contributed by atoms with Crippen molar-refractivity contribution in [3.63, 3.8) is 0 Å². The van der Waals surface area contributed by atoms with Gasteiger partial charge >= 0.3 is 0 Å². The summed E-state index contributed by atoms with van der Waals surface area (Å²) in [7, 11) is 0. The molecule has 2 aliphatic rings. The minimum Gasteiger partial charge on any atom is -0.372 e. The Balaban J connectivity index is 1.27. The van der Waals surface area contributed by atoms with Crippen molar-refractivity contribution in [1.29, 1.82) is 0 Å². The summed E-state index contributed by atoms with van der Waals surface area (Å²) in [6, 6.07) is 8.07. The van der Waals surface area contributed by atoms with Gasteiger partial charge in [0.15, 0.2) is 0 Å². The lowest BCUT2D eigenvalue weighted by Gasteiger charge is -2.35. The molecule has 2 atom stereocenters. The third kappa shape index (κ3) is 9.70. The Morgan fingerprint density at radius 3 is 2.29 bits per heavy atom. The molecule has 1 aromatic rings. The minimum absolute atomic E-state index is 0.00878. The standard InChI is InChI=1S/C27H42N4O4/c1-20(2)26(33)5-4-6-27(34)28-17-24-11-12-25(35-24)19-31-15-13-30(14-16-31)18-22-7-9-23(10-8-22)29-21(3)32/h7-10,20,24-25H,4-6,11-19H2,1-3H3,(H,28,34)(H,29,32). The van der Waals surface area contributed by atoms with E-state index in [1.807, 2.05) is 26.0 Å². The molecule has 0 bridgehead atoms. The molecule has 2 fully saturated rings. The van der Waals surface area contributed by atoms with Gasteiger partial charge in [0.25, 0.3) is 0 Å². The first-order valence-electron chi connectivity index (χ1n) is 13.0. The highest BCUT2D eigenvalue weighted by molar-refractivity contribution is 5.88. The Labute approximate surface area is 209 Å². The van der Waals surface area contributed by atoms with Gasteiger partial charge in [0, 0.05) is 77.2 Å². The molecule has 194 valence electrons. The molecular formula is C27H42N4O4. The predicted octanol–water partition coefficient (Wildman–Crippen LogP) is 2.82. The highest BCUT2D eigenvalue weighted by Gasteiger charge is 2.28. The summed E-state index contributed by atoms with van der Waals surface area (Å²) in [4.78, 5) is 39.8.